The molecule has 2 rings (SSSR count). The topological polar surface area (TPSA) is 78.1 Å². The van der Waals surface area contributed by atoms with Gasteiger partial charge in [-0.1, -0.05) is 17.7 Å². The number of halogens is 2. The Hall–Kier alpha value is -1.87. The number of guanidine groups is 1. The van der Waals surface area contributed by atoms with Gasteiger partial charge in [0, 0.05) is 11.6 Å². The van der Waals surface area contributed by atoms with Crippen LogP contribution in [0.1, 0.15) is 17.5 Å². The first kappa shape index (κ1) is 24.2. The Balaban J connectivity index is 0.00000392. The highest BCUT2D eigenvalue weighted by Gasteiger charge is 2.04. The molecule has 6 nitrogen and oxygen atoms in total. The lowest BCUT2D eigenvalue weighted by atomic mass is 10.2. The summed E-state index contributed by atoms with van der Waals surface area (Å²) in [5.74, 6) is 2.60. The Kier molecular flexibility index (Phi) is 10.8. The highest BCUT2D eigenvalue weighted by atomic mass is 127. The molecule has 0 heterocycles. The van der Waals surface area contributed by atoms with Crippen molar-refractivity contribution in [2.24, 2.45) is 10.7 Å². The van der Waals surface area contributed by atoms with Crippen LogP contribution in [0.25, 0.3) is 0 Å². The number of ether oxygens (including phenoxy) is 3. The lowest BCUT2D eigenvalue weighted by Gasteiger charge is -2.10. The Morgan fingerprint density at radius 1 is 1.07 bits per heavy atom. The summed E-state index contributed by atoms with van der Waals surface area (Å²) in [5, 5.41) is 3.79. The van der Waals surface area contributed by atoms with Crippen molar-refractivity contribution in [1.82, 2.24) is 5.32 Å². The molecule has 28 heavy (non-hydrogen) atoms. The third-order valence-electron chi connectivity index (χ3n) is 3.90. The van der Waals surface area contributed by atoms with Crippen molar-refractivity contribution >= 4 is 41.5 Å². The Bertz CT molecular complexity index is 787. The SMILES string of the molecule is COc1ccc(CN=C(N)NCCCOc2ccc(Cl)cc2C)cc1OC.I. The number of nitrogens with zero attached hydrogens (tertiary/aromatic N) is 1. The molecule has 0 aliphatic carbocycles. The normalized spacial score (nSPS) is 10.8. The molecule has 2 aromatic carbocycles. The van der Waals surface area contributed by atoms with E-state index in [4.69, 9.17) is 31.5 Å². The number of benzene rings is 2. The highest BCUT2D eigenvalue weighted by molar-refractivity contribution is 14.0. The second-order valence-corrected chi connectivity index (χ2v) is 6.37. The molecule has 2 aromatic rings. The first-order valence-electron chi connectivity index (χ1n) is 8.67. The van der Waals surface area contributed by atoms with Gasteiger partial charge in [-0.25, -0.2) is 4.99 Å². The summed E-state index contributed by atoms with van der Waals surface area (Å²) >= 11 is 5.94. The van der Waals surface area contributed by atoms with Crippen molar-refractivity contribution in [3.05, 3.63) is 52.5 Å². The summed E-state index contributed by atoms with van der Waals surface area (Å²) in [7, 11) is 3.21. The van der Waals surface area contributed by atoms with Crippen LogP contribution >= 0.6 is 35.6 Å². The summed E-state index contributed by atoms with van der Waals surface area (Å²) in [4.78, 5) is 4.34. The summed E-state index contributed by atoms with van der Waals surface area (Å²) < 4.78 is 16.3. The van der Waals surface area contributed by atoms with Crippen LogP contribution in [-0.2, 0) is 6.54 Å². The van der Waals surface area contributed by atoms with Crippen LogP contribution < -0.4 is 25.3 Å². The number of nitrogens with one attached hydrogen (secondary N) is 1. The summed E-state index contributed by atoms with van der Waals surface area (Å²) in [6.07, 6.45) is 0.800. The molecule has 0 spiro atoms. The van der Waals surface area contributed by atoms with Crippen LogP contribution in [0.3, 0.4) is 0 Å². The van der Waals surface area contributed by atoms with Gasteiger partial charge >= 0.3 is 0 Å². The number of rotatable bonds is 9. The smallest absolute Gasteiger partial charge is 0.188 e. The zero-order chi connectivity index (χ0) is 19.6. The van der Waals surface area contributed by atoms with Crippen molar-refractivity contribution in [2.75, 3.05) is 27.4 Å². The summed E-state index contributed by atoms with van der Waals surface area (Å²) in [6, 6.07) is 11.3. The zero-order valence-corrected chi connectivity index (χ0v) is 19.4. The monoisotopic (exact) mass is 519 g/mol. The lowest BCUT2D eigenvalue weighted by molar-refractivity contribution is 0.309. The van der Waals surface area contributed by atoms with Crippen LogP contribution in [0.4, 0.5) is 0 Å². The number of aliphatic imine (C=N–C) groups is 1. The van der Waals surface area contributed by atoms with Gasteiger partial charge in [0.25, 0.3) is 0 Å². The van der Waals surface area contributed by atoms with E-state index in [9.17, 15) is 0 Å². The van der Waals surface area contributed by atoms with Crippen LogP contribution in [-0.4, -0.2) is 33.3 Å². The number of hydrogen-bond donors (Lipinski definition) is 2. The second-order valence-electron chi connectivity index (χ2n) is 5.93. The number of aryl methyl sites for hydroxylation is 1. The van der Waals surface area contributed by atoms with Gasteiger partial charge in [-0.15, -0.1) is 24.0 Å². The molecule has 0 atom stereocenters. The molecule has 0 saturated heterocycles. The molecule has 0 bridgehead atoms. The van der Waals surface area contributed by atoms with Gasteiger partial charge in [-0.05, 0) is 54.8 Å². The maximum absolute atomic E-state index is 5.94. The van der Waals surface area contributed by atoms with Gasteiger partial charge in [0.05, 0.1) is 27.4 Å². The lowest BCUT2D eigenvalue weighted by Crippen LogP contribution is -2.33. The van der Waals surface area contributed by atoms with Gasteiger partial charge in [-0.3, -0.25) is 0 Å². The Morgan fingerprint density at radius 2 is 1.79 bits per heavy atom. The first-order valence-corrected chi connectivity index (χ1v) is 9.05. The fourth-order valence-electron chi connectivity index (χ4n) is 2.46. The second kappa shape index (κ2) is 12.6. The minimum Gasteiger partial charge on any atom is -0.493 e. The van der Waals surface area contributed by atoms with Crippen LogP contribution in [0, 0.1) is 6.92 Å². The molecule has 0 aliphatic heterocycles. The molecular formula is C20H27ClIN3O3. The molecule has 0 radical (unpaired) electrons. The van der Waals surface area contributed by atoms with Crippen LogP contribution in [0.15, 0.2) is 41.4 Å². The van der Waals surface area contributed by atoms with E-state index < -0.39 is 0 Å². The number of hydrogen-bond acceptors (Lipinski definition) is 4. The third kappa shape index (κ3) is 7.63. The van der Waals surface area contributed by atoms with Gasteiger partial charge in [-0.2, -0.15) is 0 Å². The van der Waals surface area contributed by atoms with E-state index in [0.29, 0.717) is 42.2 Å². The van der Waals surface area contributed by atoms with Crippen molar-refractivity contribution in [3.8, 4) is 17.2 Å². The molecule has 154 valence electrons. The first-order chi connectivity index (χ1) is 13.0. The molecule has 0 fully saturated rings. The average molecular weight is 520 g/mol. The Morgan fingerprint density at radius 3 is 2.46 bits per heavy atom. The van der Waals surface area contributed by atoms with E-state index in [2.05, 4.69) is 10.3 Å². The Labute approximate surface area is 188 Å². The number of nitrogens with two attached hydrogens (primary N) is 1. The van der Waals surface area contributed by atoms with Crippen molar-refractivity contribution in [1.29, 1.82) is 0 Å². The molecule has 3 N–H and O–H groups in total. The standard InChI is InChI=1S/C20H26ClN3O3.HI/c1-14-11-16(21)6-8-17(14)27-10-4-9-23-20(22)24-13-15-5-7-18(25-2)19(12-15)26-3;/h5-8,11-12H,4,9-10,13H2,1-3H3,(H3,22,23,24);1H. The predicted molar refractivity (Wildman–Crippen MR) is 125 cm³/mol. The van der Waals surface area contributed by atoms with Crippen molar-refractivity contribution in [3.63, 3.8) is 0 Å². The molecule has 0 saturated carbocycles. The van der Waals surface area contributed by atoms with E-state index in [0.717, 1.165) is 23.3 Å². The van der Waals surface area contributed by atoms with Crippen molar-refractivity contribution < 1.29 is 14.2 Å². The maximum atomic E-state index is 5.94. The molecule has 0 aliphatic rings. The van der Waals surface area contributed by atoms with Crippen molar-refractivity contribution in [2.45, 2.75) is 19.9 Å². The molecule has 0 aromatic heterocycles. The van der Waals surface area contributed by atoms with E-state index in [1.54, 1.807) is 14.2 Å². The highest BCUT2D eigenvalue weighted by Crippen LogP contribution is 2.27. The number of methoxy groups -OCH3 is 2. The zero-order valence-electron chi connectivity index (χ0n) is 16.3. The fourth-order valence-corrected chi connectivity index (χ4v) is 2.68. The van der Waals surface area contributed by atoms with Gasteiger partial charge in [0.1, 0.15) is 5.75 Å². The van der Waals surface area contributed by atoms with Crippen LogP contribution in [0.5, 0.6) is 17.2 Å². The average Bonchev–Trinajstić information content (AvgIpc) is 2.67. The molecule has 8 heteroatoms. The van der Waals surface area contributed by atoms with Gasteiger partial charge in [0.15, 0.2) is 17.5 Å². The predicted octanol–water partition coefficient (Wildman–Crippen LogP) is 4.16. The van der Waals surface area contributed by atoms with E-state index in [1.165, 1.54) is 0 Å². The molecule has 0 unspecified atom stereocenters. The van der Waals surface area contributed by atoms with Gasteiger partial charge < -0.3 is 25.3 Å². The maximum Gasteiger partial charge on any atom is 0.188 e. The minimum atomic E-state index is 0. The molecular weight excluding hydrogens is 493 g/mol. The fraction of sp³-hybridized carbons (Fsp3) is 0.350. The minimum absolute atomic E-state index is 0. The third-order valence-corrected chi connectivity index (χ3v) is 4.14. The van der Waals surface area contributed by atoms with Gasteiger partial charge in [0.2, 0.25) is 0 Å². The summed E-state index contributed by atoms with van der Waals surface area (Å²) in [6.45, 7) is 3.68. The van der Waals surface area contributed by atoms with E-state index in [1.807, 2.05) is 43.3 Å². The molecule has 0 amide bonds. The van der Waals surface area contributed by atoms with E-state index >= 15 is 0 Å². The largest absolute Gasteiger partial charge is 0.493 e. The quantitative estimate of drug-likeness (QED) is 0.225. The summed E-state index contributed by atoms with van der Waals surface area (Å²) in [5.41, 5.74) is 7.91. The van der Waals surface area contributed by atoms with Crippen LogP contribution in [0.2, 0.25) is 5.02 Å². The van der Waals surface area contributed by atoms with E-state index in [-0.39, 0.29) is 24.0 Å².